The number of rotatable bonds is 4. The molecule has 1 atom stereocenters. The molecule has 7 nitrogen and oxygen atoms in total. The number of ether oxygens (including phenoxy) is 1. The number of halogens is 9. The van der Waals surface area contributed by atoms with Gasteiger partial charge in [-0.15, -0.1) is 0 Å². The van der Waals surface area contributed by atoms with Crippen molar-refractivity contribution in [2.45, 2.75) is 29.7 Å². The number of nitro benzene ring substituents is 1. The molecule has 1 N–H and O–H groups in total. The fourth-order valence-corrected chi connectivity index (χ4v) is 3.25. The number of non-ortho nitro benzene ring substituents is 1. The maximum Gasteiger partial charge on any atom is 0.428 e. The van der Waals surface area contributed by atoms with E-state index in [1.807, 2.05) is 0 Å². The lowest BCUT2D eigenvalue weighted by Crippen LogP contribution is -2.63. The van der Waals surface area contributed by atoms with E-state index in [0.717, 1.165) is 23.5 Å². The van der Waals surface area contributed by atoms with Crippen molar-refractivity contribution in [3.8, 4) is 0 Å². The number of carbonyl (C=O) groups excluding carboxylic acids is 1. The predicted octanol–water partition coefficient (Wildman–Crippen LogP) is 4.34. The lowest BCUT2D eigenvalue weighted by molar-refractivity contribution is -0.384. The quantitative estimate of drug-likeness (QED) is 0.409. The molecule has 0 aliphatic carbocycles. The van der Waals surface area contributed by atoms with Gasteiger partial charge in [0.05, 0.1) is 15.1 Å². The lowest BCUT2D eigenvalue weighted by atomic mass is 9.99. The first-order valence-electron chi connectivity index (χ1n) is 7.25. The Morgan fingerprint density at radius 3 is 2.23 bits per heavy atom. The molecule has 0 saturated carbocycles. The minimum absolute atomic E-state index is 0.0710. The van der Waals surface area contributed by atoms with Gasteiger partial charge >= 0.3 is 35.6 Å². The number of thiazole rings is 1. The largest absolute Gasteiger partial charge is 0.428 e. The molecule has 164 valence electrons. The highest BCUT2D eigenvalue weighted by molar-refractivity contribution is 7.22. The van der Waals surface area contributed by atoms with E-state index in [2.05, 4.69) is 9.72 Å². The molecule has 1 fully saturated rings. The first-order chi connectivity index (χ1) is 13.5. The number of hydrogen-bond donors (Lipinski definition) is 1. The topological polar surface area (TPSA) is 94.4 Å². The second-order valence-electron chi connectivity index (χ2n) is 5.82. The standard InChI is InChI=1S/C13H4F9N3O4S/c14-9(15,12(20)10(16,17)11(18,19)13(21,22)29-12)7(26)24-8-23-5-2-1-4(25(27)28)3-6(5)30-8/h1-3H,(H,23,24,26)/t12-/m1/s1. The molecule has 1 aliphatic heterocycles. The molecule has 17 heteroatoms. The van der Waals surface area contributed by atoms with Crippen LogP contribution in [0.2, 0.25) is 0 Å². The van der Waals surface area contributed by atoms with Crippen molar-refractivity contribution >= 4 is 38.3 Å². The van der Waals surface area contributed by atoms with Gasteiger partial charge in [0.2, 0.25) is 0 Å². The minimum Gasteiger partial charge on any atom is -0.296 e. The fourth-order valence-electron chi connectivity index (χ4n) is 2.35. The van der Waals surface area contributed by atoms with Crippen LogP contribution in [-0.4, -0.2) is 45.5 Å². The summed E-state index contributed by atoms with van der Waals surface area (Å²) in [7, 11) is 0. The zero-order chi connectivity index (χ0) is 22.9. The van der Waals surface area contributed by atoms with E-state index >= 15 is 0 Å². The van der Waals surface area contributed by atoms with Crippen LogP contribution in [0.4, 0.5) is 50.3 Å². The number of hydrogen-bond acceptors (Lipinski definition) is 6. The number of anilines is 1. The molecule has 0 radical (unpaired) electrons. The van der Waals surface area contributed by atoms with E-state index in [1.165, 1.54) is 0 Å². The van der Waals surface area contributed by atoms with Gasteiger partial charge in [-0.25, -0.2) is 4.98 Å². The van der Waals surface area contributed by atoms with Gasteiger partial charge in [0.1, 0.15) is 0 Å². The molecule has 1 aromatic heterocycles. The number of alkyl halides is 9. The molecule has 2 aromatic rings. The number of nitrogens with one attached hydrogen (secondary N) is 1. The van der Waals surface area contributed by atoms with E-state index in [0.29, 0.717) is 0 Å². The second kappa shape index (κ2) is 6.16. The van der Waals surface area contributed by atoms with E-state index in [1.54, 1.807) is 0 Å². The fraction of sp³-hybridized carbons (Fsp3) is 0.385. The second-order valence-corrected chi connectivity index (χ2v) is 6.85. The average Bonchev–Trinajstić information content (AvgIpc) is 3.04. The van der Waals surface area contributed by atoms with Gasteiger partial charge in [0.25, 0.3) is 5.69 Å². The predicted molar refractivity (Wildman–Crippen MR) is 79.6 cm³/mol. The minimum atomic E-state index is -6.81. The summed E-state index contributed by atoms with van der Waals surface area (Å²) in [6.45, 7) is 0. The number of nitrogens with zero attached hydrogens (tertiary/aromatic N) is 2. The summed E-state index contributed by atoms with van der Waals surface area (Å²) in [5, 5.41) is 11.0. The third kappa shape index (κ3) is 2.71. The Morgan fingerprint density at radius 2 is 1.73 bits per heavy atom. The van der Waals surface area contributed by atoms with Crippen molar-refractivity contribution in [1.82, 2.24) is 4.98 Å². The van der Waals surface area contributed by atoms with Gasteiger partial charge < -0.3 is 0 Å². The van der Waals surface area contributed by atoms with Gasteiger partial charge in [-0.1, -0.05) is 11.3 Å². The van der Waals surface area contributed by atoms with Crippen LogP contribution in [0.5, 0.6) is 0 Å². The van der Waals surface area contributed by atoms with Crippen LogP contribution in [-0.2, 0) is 9.53 Å². The molecule has 0 unspecified atom stereocenters. The summed E-state index contributed by atoms with van der Waals surface area (Å²) in [4.78, 5) is 25.0. The zero-order valence-corrected chi connectivity index (χ0v) is 14.4. The number of aromatic nitrogens is 1. The van der Waals surface area contributed by atoms with Crippen molar-refractivity contribution in [3.05, 3.63) is 28.3 Å². The molecule has 1 saturated heterocycles. The van der Waals surface area contributed by atoms with Crippen molar-refractivity contribution in [2.24, 2.45) is 0 Å². The molecule has 3 rings (SSSR count). The third-order valence-corrected chi connectivity index (χ3v) is 4.86. The molecule has 1 aromatic carbocycles. The van der Waals surface area contributed by atoms with E-state index in [9.17, 15) is 54.4 Å². The molecular formula is C13H4F9N3O4S. The number of amides is 1. The number of carbonyl (C=O) groups is 1. The molecule has 1 amide bonds. The molecule has 2 heterocycles. The first-order valence-corrected chi connectivity index (χ1v) is 8.06. The Hall–Kier alpha value is -2.69. The first kappa shape index (κ1) is 22.0. The summed E-state index contributed by atoms with van der Waals surface area (Å²) in [6, 6.07) is 2.85. The Labute approximate surface area is 161 Å². The Morgan fingerprint density at radius 1 is 1.13 bits per heavy atom. The smallest absolute Gasteiger partial charge is 0.296 e. The van der Waals surface area contributed by atoms with Crippen LogP contribution >= 0.6 is 11.3 Å². The normalized spacial score (nSPS) is 24.7. The number of nitro groups is 1. The van der Waals surface area contributed by atoms with Gasteiger partial charge in [0, 0.05) is 12.1 Å². The summed E-state index contributed by atoms with van der Waals surface area (Å²) >= 11 is 0.286. The van der Waals surface area contributed by atoms with Gasteiger partial charge in [0.15, 0.2) is 5.13 Å². The zero-order valence-electron chi connectivity index (χ0n) is 13.6. The van der Waals surface area contributed by atoms with Crippen molar-refractivity contribution in [3.63, 3.8) is 0 Å². The summed E-state index contributed by atoms with van der Waals surface area (Å²) < 4.78 is 123. The van der Waals surface area contributed by atoms with Gasteiger partial charge in [-0.2, -0.15) is 39.5 Å². The maximum absolute atomic E-state index is 14.1. The number of benzene rings is 1. The van der Waals surface area contributed by atoms with Crippen molar-refractivity contribution < 1.29 is 54.0 Å². The summed E-state index contributed by atoms with van der Waals surface area (Å²) in [5.41, 5.74) is -0.583. The SMILES string of the molecule is O=C(Nc1nc2ccc([N+](=O)[O-])cc2s1)C(F)(F)[C@@]1(F)OC(F)(F)C(F)(F)C1(F)F. The maximum atomic E-state index is 14.1. The van der Waals surface area contributed by atoms with Crippen molar-refractivity contribution in [1.29, 1.82) is 0 Å². The van der Waals surface area contributed by atoms with Crippen molar-refractivity contribution in [2.75, 3.05) is 5.32 Å². The van der Waals surface area contributed by atoms with Crippen LogP contribution in [0.1, 0.15) is 0 Å². The molecule has 1 aliphatic rings. The lowest BCUT2D eigenvalue weighted by Gasteiger charge is -2.31. The van der Waals surface area contributed by atoms with Crippen LogP contribution in [0.15, 0.2) is 18.2 Å². The van der Waals surface area contributed by atoms with Gasteiger partial charge in [-0.05, 0) is 6.07 Å². The molecule has 0 spiro atoms. The van der Waals surface area contributed by atoms with E-state index < -0.39 is 51.4 Å². The molecule has 0 bridgehead atoms. The van der Waals surface area contributed by atoms with E-state index in [4.69, 9.17) is 0 Å². The van der Waals surface area contributed by atoms with Crippen LogP contribution in [0.3, 0.4) is 0 Å². The Kier molecular flexibility index (Phi) is 4.52. The monoisotopic (exact) mass is 469 g/mol. The molecule has 30 heavy (non-hydrogen) atoms. The Balaban J connectivity index is 1.94. The Bertz CT molecular complexity index is 1060. The van der Waals surface area contributed by atoms with Gasteiger partial charge in [-0.3, -0.25) is 25.0 Å². The highest BCUT2D eigenvalue weighted by atomic mass is 32.1. The number of fused-ring (bicyclic) bond motifs is 1. The highest BCUT2D eigenvalue weighted by Crippen LogP contribution is 2.64. The summed E-state index contributed by atoms with van der Waals surface area (Å²) in [5.74, 6) is -29.2. The highest BCUT2D eigenvalue weighted by Gasteiger charge is 2.96. The third-order valence-electron chi connectivity index (χ3n) is 3.92. The van der Waals surface area contributed by atoms with E-state index in [-0.39, 0.29) is 21.6 Å². The van der Waals surface area contributed by atoms with Crippen LogP contribution in [0, 0.1) is 10.1 Å². The average molecular weight is 469 g/mol. The van der Waals surface area contributed by atoms with Crippen LogP contribution < -0.4 is 5.32 Å². The molecular weight excluding hydrogens is 465 g/mol. The summed E-state index contributed by atoms with van der Waals surface area (Å²) in [6.07, 6.45) is -6.36. The van der Waals surface area contributed by atoms with Crippen LogP contribution in [0.25, 0.3) is 10.2 Å².